The van der Waals surface area contributed by atoms with Crippen molar-refractivity contribution < 1.29 is 29.7 Å². The van der Waals surface area contributed by atoms with Crippen molar-refractivity contribution in [1.82, 2.24) is 0 Å². The summed E-state index contributed by atoms with van der Waals surface area (Å²) in [7, 11) is 0. The van der Waals surface area contributed by atoms with Crippen molar-refractivity contribution in [3.05, 3.63) is 23.3 Å². The van der Waals surface area contributed by atoms with Gasteiger partial charge in [0.15, 0.2) is 11.6 Å². The lowest BCUT2D eigenvalue weighted by Crippen LogP contribution is -2.58. The molecule has 0 aromatic heterocycles. The lowest BCUT2D eigenvalue weighted by atomic mass is 9.47. The molecule has 4 rings (SSSR count). The molecule has 0 radical (unpaired) electrons. The van der Waals surface area contributed by atoms with Gasteiger partial charge in [-0.3, -0.25) is 14.4 Å². The Morgan fingerprint density at radius 3 is 2.43 bits per heavy atom. The Bertz CT molecular complexity index is 980. The Morgan fingerprint density at radius 1 is 1.14 bits per heavy atom. The monoisotopic (exact) mass is 486 g/mol. The fourth-order valence-electron chi connectivity index (χ4n) is 8.40. The van der Waals surface area contributed by atoms with Crippen LogP contribution in [0.25, 0.3) is 0 Å². The van der Waals surface area contributed by atoms with Crippen LogP contribution in [-0.2, 0) is 14.4 Å². The highest BCUT2D eigenvalue weighted by molar-refractivity contribution is 6.12. The molecule has 0 aliphatic heterocycles. The van der Waals surface area contributed by atoms with Crippen molar-refractivity contribution in [3.63, 3.8) is 0 Å². The molecule has 2 saturated carbocycles. The maximum absolute atomic E-state index is 13.9. The molecule has 0 amide bonds. The van der Waals surface area contributed by atoms with E-state index in [1.165, 1.54) is 0 Å². The van der Waals surface area contributed by atoms with Crippen molar-refractivity contribution in [1.29, 1.82) is 0 Å². The van der Waals surface area contributed by atoms with Gasteiger partial charge in [0.05, 0.1) is 12.0 Å². The number of allylic oxidation sites excluding steroid dienone is 1. The van der Waals surface area contributed by atoms with Gasteiger partial charge in [0.2, 0.25) is 0 Å². The van der Waals surface area contributed by atoms with E-state index in [1.807, 2.05) is 13.8 Å². The molecule has 0 heterocycles. The number of Topliss-reactive ketones (excluding diaryl/α,β-unsaturated/α-hetero) is 2. The van der Waals surface area contributed by atoms with Gasteiger partial charge in [0, 0.05) is 28.4 Å². The van der Waals surface area contributed by atoms with Crippen molar-refractivity contribution >= 4 is 17.5 Å². The second kappa shape index (κ2) is 8.95. The third-order valence-corrected chi connectivity index (χ3v) is 10.9. The normalized spacial score (nSPS) is 42.7. The van der Waals surface area contributed by atoms with E-state index < -0.39 is 34.9 Å². The molecular weight excluding hydrogens is 444 g/mol. The van der Waals surface area contributed by atoms with Crippen LogP contribution in [-0.4, -0.2) is 45.1 Å². The van der Waals surface area contributed by atoms with E-state index in [0.29, 0.717) is 42.4 Å². The number of carbonyl (C=O) groups excluding carboxylic acids is 2. The van der Waals surface area contributed by atoms with Crippen LogP contribution < -0.4 is 0 Å². The van der Waals surface area contributed by atoms with Crippen molar-refractivity contribution in [2.75, 3.05) is 0 Å². The van der Waals surface area contributed by atoms with Gasteiger partial charge >= 0.3 is 5.97 Å². The molecule has 35 heavy (non-hydrogen) atoms. The van der Waals surface area contributed by atoms with E-state index in [1.54, 1.807) is 6.92 Å². The van der Waals surface area contributed by atoms with Gasteiger partial charge in [-0.2, -0.15) is 0 Å². The summed E-state index contributed by atoms with van der Waals surface area (Å²) in [6, 6.07) is 0. The van der Waals surface area contributed by atoms with Gasteiger partial charge in [0.25, 0.3) is 0 Å². The lowest BCUT2D eigenvalue weighted by molar-refractivity contribution is -0.145. The first-order valence-electron chi connectivity index (χ1n) is 13.3. The predicted molar refractivity (Wildman–Crippen MR) is 132 cm³/mol. The highest BCUT2D eigenvalue weighted by Gasteiger charge is 2.65. The van der Waals surface area contributed by atoms with Gasteiger partial charge in [-0.25, -0.2) is 0 Å². The summed E-state index contributed by atoms with van der Waals surface area (Å²) in [6.07, 6.45) is 2.90. The van der Waals surface area contributed by atoms with Crippen LogP contribution in [0.2, 0.25) is 0 Å². The molecule has 2 fully saturated rings. The molecule has 3 N–H and O–H groups in total. The highest BCUT2D eigenvalue weighted by atomic mass is 16.4. The zero-order valence-corrected chi connectivity index (χ0v) is 21.8. The number of aliphatic carboxylic acids is 1. The van der Waals surface area contributed by atoms with E-state index >= 15 is 0 Å². The number of rotatable bonds is 6. The summed E-state index contributed by atoms with van der Waals surface area (Å²) in [4.78, 5) is 38.8. The fraction of sp³-hybridized carbons (Fsp3) is 0.759. The average Bonchev–Trinajstić information content (AvgIpc) is 3.16. The maximum atomic E-state index is 13.9. The second-order valence-corrected chi connectivity index (χ2v) is 12.5. The van der Waals surface area contributed by atoms with Gasteiger partial charge in [-0.1, -0.05) is 39.8 Å². The van der Waals surface area contributed by atoms with Crippen LogP contribution in [0, 0.1) is 46.3 Å². The number of carbonyl (C=O) groups is 3. The Morgan fingerprint density at radius 2 is 1.80 bits per heavy atom. The third kappa shape index (κ3) is 3.78. The number of hydrogen-bond donors (Lipinski definition) is 3. The molecule has 0 bridgehead atoms. The number of carboxylic acids is 1. The van der Waals surface area contributed by atoms with E-state index in [9.17, 15) is 29.7 Å². The third-order valence-electron chi connectivity index (χ3n) is 10.9. The van der Waals surface area contributed by atoms with Crippen LogP contribution >= 0.6 is 0 Å². The first-order valence-corrected chi connectivity index (χ1v) is 13.3. The van der Waals surface area contributed by atoms with E-state index in [4.69, 9.17) is 0 Å². The zero-order chi connectivity index (χ0) is 26.0. The van der Waals surface area contributed by atoms with Crippen LogP contribution in [0.15, 0.2) is 23.3 Å². The summed E-state index contributed by atoms with van der Waals surface area (Å²) < 4.78 is 0. The largest absolute Gasteiger partial charge is 0.481 e. The van der Waals surface area contributed by atoms with Gasteiger partial charge in [0.1, 0.15) is 6.10 Å². The molecule has 0 spiro atoms. The zero-order valence-electron chi connectivity index (χ0n) is 21.8. The molecule has 194 valence electrons. The first kappa shape index (κ1) is 26.3. The van der Waals surface area contributed by atoms with Gasteiger partial charge in [-0.05, 0) is 75.0 Å². The molecule has 10 atom stereocenters. The van der Waals surface area contributed by atoms with Crippen LogP contribution in [0.5, 0.6) is 0 Å². The van der Waals surface area contributed by atoms with Crippen molar-refractivity contribution in [2.24, 2.45) is 46.3 Å². The molecule has 0 aromatic carbocycles. The molecule has 6 heteroatoms. The Balaban J connectivity index is 1.66. The summed E-state index contributed by atoms with van der Waals surface area (Å²) in [5, 5.41) is 31.3. The molecule has 4 aliphatic rings. The quantitative estimate of drug-likeness (QED) is 0.482. The first-order chi connectivity index (χ1) is 16.3. The number of hydrogen-bond acceptors (Lipinski definition) is 5. The molecule has 2 unspecified atom stereocenters. The number of aliphatic hydroxyl groups excluding tert-OH is 2. The van der Waals surface area contributed by atoms with E-state index in [0.717, 1.165) is 19.3 Å². The van der Waals surface area contributed by atoms with Gasteiger partial charge in [-0.15, -0.1) is 0 Å². The summed E-state index contributed by atoms with van der Waals surface area (Å²) >= 11 is 0. The molecule has 0 aromatic rings. The Kier molecular flexibility index (Phi) is 6.72. The number of aliphatic hydroxyl groups is 2. The average molecular weight is 487 g/mol. The maximum Gasteiger partial charge on any atom is 0.310 e. The minimum Gasteiger partial charge on any atom is -0.481 e. The Hall–Kier alpha value is -1.79. The topological polar surface area (TPSA) is 112 Å². The number of carboxylic acid groups (broad SMARTS) is 1. The summed E-state index contributed by atoms with van der Waals surface area (Å²) in [5.74, 6) is -1.84. The Labute approximate surface area is 208 Å². The minimum absolute atomic E-state index is 0.0249. The SMILES string of the molecule is C=C(CC[C@@H](C)[C@H]1CCC2C3=C(C(=O)[C@H](O)[C@@]21C)[C@@]1(C)CC[C@@H](O)[C@@H](C)C1CC3=O)[C@H](C)C(=O)O. The summed E-state index contributed by atoms with van der Waals surface area (Å²) in [5.41, 5.74) is 0.709. The summed E-state index contributed by atoms with van der Waals surface area (Å²) in [6.45, 7) is 13.8. The standard InChI is InChI=1S/C29H42O6/c1-14(16(3)27(34)35)7-8-15(2)18-9-10-19-23-22(31)13-20-17(4)21(30)11-12-28(20,5)24(23)25(32)26(33)29(18,19)6/h15-21,26,30,33H,1,7-13H2,2-6H3,(H,34,35)/t15-,16+,17+,18-,19?,20?,21-,26+,28+,29-/m1/s1. The fourth-order valence-corrected chi connectivity index (χ4v) is 8.40. The lowest BCUT2D eigenvalue weighted by Gasteiger charge is -2.56. The highest BCUT2D eigenvalue weighted by Crippen LogP contribution is 2.65. The van der Waals surface area contributed by atoms with Crippen molar-refractivity contribution in [3.8, 4) is 0 Å². The smallest absolute Gasteiger partial charge is 0.310 e. The predicted octanol–water partition coefficient (Wildman–Crippen LogP) is 4.34. The number of ketones is 2. The molecule has 0 saturated heterocycles. The van der Waals surface area contributed by atoms with E-state index in [-0.39, 0.29) is 41.2 Å². The van der Waals surface area contributed by atoms with Crippen LogP contribution in [0.3, 0.4) is 0 Å². The van der Waals surface area contributed by atoms with Crippen LogP contribution in [0.4, 0.5) is 0 Å². The number of fused-ring (bicyclic) bond motifs is 4. The molecular formula is C29H42O6. The van der Waals surface area contributed by atoms with Gasteiger partial charge < -0.3 is 15.3 Å². The second-order valence-electron chi connectivity index (χ2n) is 12.5. The van der Waals surface area contributed by atoms with E-state index in [2.05, 4.69) is 20.4 Å². The van der Waals surface area contributed by atoms with Crippen molar-refractivity contribution in [2.45, 2.75) is 91.8 Å². The van der Waals surface area contributed by atoms with Crippen LogP contribution in [0.1, 0.15) is 79.6 Å². The molecule has 4 aliphatic carbocycles. The molecule has 6 nitrogen and oxygen atoms in total. The minimum atomic E-state index is -1.16.